The largest absolute Gasteiger partial charge is 0.417 e. The number of halogens is 4. The van der Waals surface area contributed by atoms with E-state index in [9.17, 15) is 13.2 Å². The summed E-state index contributed by atoms with van der Waals surface area (Å²) in [5.74, 6) is 2.72. The highest BCUT2D eigenvalue weighted by Crippen LogP contribution is 2.36. The molecule has 0 aliphatic carbocycles. The summed E-state index contributed by atoms with van der Waals surface area (Å²) in [4.78, 5) is 0. The van der Waals surface area contributed by atoms with E-state index in [1.807, 2.05) is 19.6 Å². The molecule has 6 heteroatoms. The Morgan fingerprint density at radius 3 is 2.22 bits per heavy atom. The number of hydrogen-bond donors (Lipinski definition) is 1. The normalized spacial score (nSPS) is 11.9. The molecule has 0 aromatic heterocycles. The van der Waals surface area contributed by atoms with Crippen molar-refractivity contribution >= 4 is 25.4 Å². The first kappa shape index (κ1) is 14.9. The van der Waals surface area contributed by atoms with E-state index in [0.29, 0.717) is 0 Å². The second kappa shape index (κ2) is 4.86. The monoisotopic (exact) mass is 291 g/mol. The van der Waals surface area contributed by atoms with Crippen molar-refractivity contribution in [3.05, 3.63) is 28.3 Å². The molecule has 0 spiro atoms. The van der Waals surface area contributed by atoms with Crippen molar-refractivity contribution in [3.8, 4) is 11.5 Å². The molecule has 2 N–H and O–H groups in total. The third kappa shape index (κ3) is 3.97. The van der Waals surface area contributed by atoms with Crippen molar-refractivity contribution < 1.29 is 13.2 Å². The molecule has 0 unspecified atom stereocenters. The summed E-state index contributed by atoms with van der Waals surface area (Å²) >= 11 is 5.54. The number of anilines is 1. The van der Waals surface area contributed by atoms with Gasteiger partial charge in [-0.25, -0.2) is 0 Å². The van der Waals surface area contributed by atoms with Crippen LogP contribution in [0.25, 0.3) is 0 Å². The highest BCUT2D eigenvalue weighted by molar-refractivity contribution is 6.83. The molecule has 0 radical (unpaired) electrons. The first-order chi connectivity index (χ1) is 8.00. The Morgan fingerprint density at radius 1 is 1.22 bits per heavy atom. The molecule has 1 aromatic carbocycles. The molecule has 0 atom stereocenters. The molecular formula is C12H13ClF3NSi. The van der Waals surface area contributed by atoms with Crippen LogP contribution in [-0.4, -0.2) is 8.07 Å². The van der Waals surface area contributed by atoms with Crippen LogP contribution in [0.3, 0.4) is 0 Å². The van der Waals surface area contributed by atoms with Crippen LogP contribution in [0, 0.1) is 11.5 Å². The lowest BCUT2D eigenvalue weighted by molar-refractivity contribution is -0.137. The van der Waals surface area contributed by atoms with Crippen molar-refractivity contribution in [1.82, 2.24) is 0 Å². The Kier molecular flexibility index (Phi) is 4.04. The maximum Gasteiger partial charge on any atom is 0.417 e. The van der Waals surface area contributed by atoms with Gasteiger partial charge in [-0.15, -0.1) is 5.54 Å². The number of hydrogen-bond acceptors (Lipinski definition) is 1. The van der Waals surface area contributed by atoms with Crippen LogP contribution in [0.2, 0.25) is 24.7 Å². The Morgan fingerprint density at radius 2 is 1.78 bits per heavy atom. The number of benzene rings is 1. The van der Waals surface area contributed by atoms with Crippen LogP contribution in [0.5, 0.6) is 0 Å². The predicted octanol–water partition coefficient (Wildman–Crippen LogP) is 4.17. The SMILES string of the molecule is C[Si](C)(C)C#Cc1cc(C(F)(F)F)c(Cl)cc1N. The summed E-state index contributed by atoms with van der Waals surface area (Å²) in [7, 11) is -1.67. The lowest BCUT2D eigenvalue weighted by atomic mass is 10.1. The smallest absolute Gasteiger partial charge is 0.398 e. The minimum Gasteiger partial charge on any atom is -0.398 e. The van der Waals surface area contributed by atoms with E-state index in [0.717, 1.165) is 12.1 Å². The molecule has 0 saturated heterocycles. The highest BCUT2D eigenvalue weighted by atomic mass is 35.5. The lowest BCUT2D eigenvalue weighted by Crippen LogP contribution is -2.16. The molecule has 1 aromatic rings. The molecule has 18 heavy (non-hydrogen) atoms. The van der Waals surface area contributed by atoms with E-state index in [1.165, 1.54) is 0 Å². The predicted molar refractivity (Wildman–Crippen MR) is 71.1 cm³/mol. The van der Waals surface area contributed by atoms with Gasteiger partial charge in [0.1, 0.15) is 8.07 Å². The van der Waals surface area contributed by atoms with Gasteiger partial charge in [0.25, 0.3) is 0 Å². The van der Waals surface area contributed by atoms with Gasteiger partial charge >= 0.3 is 6.18 Å². The van der Waals surface area contributed by atoms with Crippen molar-refractivity contribution in [2.24, 2.45) is 0 Å². The van der Waals surface area contributed by atoms with Gasteiger partial charge in [0.15, 0.2) is 0 Å². The third-order valence-electron chi connectivity index (χ3n) is 2.02. The minimum atomic E-state index is -4.50. The highest BCUT2D eigenvalue weighted by Gasteiger charge is 2.33. The standard InChI is InChI=1S/C12H13ClF3NSi/c1-18(2,3)5-4-8-6-9(12(14,15)16)10(13)7-11(8)17/h6-7H,17H2,1-3H3. The van der Waals surface area contributed by atoms with Crippen LogP contribution < -0.4 is 5.73 Å². The number of alkyl halides is 3. The van der Waals surface area contributed by atoms with Crippen LogP contribution in [0.1, 0.15) is 11.1 Å². The first-order valence-corrected chi connectivity index (χ1v) is 9.08. The van der Waals surface area contributed by atoms with E-state index >= 15 is 0 Å². The molecule has 0 fully saturated rings. The fourth-order valence-corrected chi connectivity index (χ4v) is 1.96. The number of rotatable bonds is 0. The van der Waals surface area contributed by atoms with Gasteiger partial charge in [-0.2, -0.15) is 13.2 Å². The van der Waals surface area contributed by atoms with Gasteiger partial charge in [0, 0.05) is 11.3 Å². The maximum absolute atomic E-state index is 12.7. The molecule has 0 bridgehead atoms. The summed E-state index contributed by atoms with van der Waals surface area (Å²) < 4.78 is 38.0. The first-order valence-electron chi connectivity index (χ1n) is 5.20. The maximum atomic E-state index is 12.7. The Labute approximate surface area is 110 Å². The molecule has 1 rings (SSSR count). The van der Waals surface area contributed by atoms with Crippen molar-refractivity contribution in [1.29, 1.82) is 0 Å². The van der Waals surface area contributed by atoms with Gasteiger partial charge < -0.3 is 5.73 Å². The summed E-state index contributed by atoms with van der Waals surface area (Å²) in [5, 5.41) is -0.404. The molecule has 0 aliphatic rings. The number of nitrogens with two attached hydrogens (primary N) is 1. The molecular weight excluding hydrogens is 279 g/mol. The van der Waals surface area contributed by atoms with Crippen LogP contribution >= 0.6 is 11.6 Å². The van der Waals surface area contributed by atoms with Gasteiger partial charge in [0.2, 0.25) is 0 Å². The van der Waals surface area contributed by atoms with Gasteiger partial charge in [-0.3, -0.25) is 0 Å². The topological polar surface area (TPSA) is 26.0 Å². The molecule has 0 saturated carbocycles. The van der Waals surface area contributed by atoms with Crippen LogP contribution in [-0.2, 0) is 6.18 Å². The third-order valence-corrected chi connectivity index (χ3v) is 3.20. The zero-order valence-corrected chi connectivity index (χ0v) is 12.0. The Balaban J connectivity index is 3.34. The fraction of sp³-hybridized carbons (Fsp3) is 0.333. The van der Waals surface area contributed by atoms with Gasteiger partial charge in [-0.05, 0) is 12.1 Å². The summed E-state index contributed by atoms with van der Waals surface area (Å²) in [5.41, 5.74) is 8.04. The lowest BCUT2D eigenvalue weighted by Gasteiger charge is -2.11. The van der Waals surface area contributed by atoms with E-state index in [-0.39, 0.29) is 11.3 Å². The summed E-state index contributed by atoms with van der Waals surface area (Å²) in [6, 6.07) is 2.00. The quantitative estimate of drug-likeness (QED) is 0.433. The number of nitrogen functional groups attached to an aromatic ring is 1. The zero-order chi connectivity index (χ0) is 14.1. The molecule has 0 aliphatic heterocycles. The summed E-state index contributed by atoms with van der Waals surface area (Å²) in [6.45, 7) is 5.99. The average molecular weight is 292 g/mol. The van der Waals surface area contributed by atoms with Crippen molar-refractivity contribution in [3.63, 3.8) is 0 Å². The summed E-state index contributed by atoms with van der Waals surface area (Å²) in [6.07, 6.45) is -4.50. The zero-order valence-electron chi connectivity index (χ0n) is 10.2. The van der Waals surface area contributed by atoms with Crippen LogP contribution in [0.15, 0.2) is 12.1 Å². The minimum absolute atomic E-state index is 0.166. The molecule has 98 valence electrons. The van der Waals surface area contributed by atoms with Crippen molar-refractivity contribution in [2.75, 3.05) is 5.73 Å². The van der Waals surface area contributed by atoms with Gasteiger partial charge in [-0.1, -0.05) is 37.2 Å². The van der Waals surface area contributed by atoms with Gasteiger partial charge in [0.05, 0.1) is 10.6 Å². The molecule has 1 nitrogen and oxygen atoms in total. The van der Waals surface area contributed by atoms with E-state index < -0.39 is 24.8 Å². The average Bonchev–Trinajstić information content (AvgIpc) is 2.12. The van der Waals surface area contributed by atoms with E-state index in [1.54, 1.807) is 0 Å². The molecule has 0 heterocycles. The van der Waals surface area contributed by atoms with E-state index in [2.05, 4.69) is 11.5 Å². The molecule has 0 amide bonds. The van der Waals surface area contributed by atoms with Crippen LogP contribution in [0.4, 0.5) is 18.9 Å². The second-order valence-corrected chi connectivity index (χ2v) is 10.1. The van der Waals surface area contributed by atoms with E-state index in [4.69, 9.17) is 17.3 Å². The fourth-order valence-electron chi connectivity index (χ4n) is 1.17. The Hall–Kier alpha value is -1.12. The second-order valence-electron chi connectivity index (χ2n) is 4.92. The van der Waals surface area contributed by atoms with Crippen molar-refractivity contribution in [2.45, 2.75) is 25.8 Å². The Bertz CT molecular complexity index is 521.